The fourth-order valence-electron chi connectivity index (χ4n) is 2.30. The first-order valence-electron chi connectivity index (χ1n) is 6.10. The number of hydrogen-bond acceptors (Lipinski definition) is 2. The molecule has 2 heterocycles. The predicted molar refractivity (Wildman–Crippen MR) is 77.1 cm³/mol. The maximum Gasteiger partial charge on any atom is 0.00417 e. The van der Waals surface area contributed by atoms with Gasteiger partial charge in [-0.1, -0.05) is 0 Å². The molecule has 0 amide bonds. The molecule has 0 aromatic heterocycles. The number of nitrogens with one attached hydrogen (secondary N) is 2. The molecule has 0 bridgehead atoms. The van der Waals surface area contributed by atoms with E-state index in [-0.39, 0.29) is 24.8 Å². The number of halogens is 2. The summed E-state index contributed by atoms with van der Waals surface area (Å²) in [5.74, 6) is 0. The Morgan fingerprint density at radius 3 is 0.812 bits per heavy atom. The molecule has 2 rings (SSSR count). The van der Waals surface area contributed by atoms with Crippen LogP contribution >= 0.6 is 24.8 Å². The van der Waals surface area contributed by atoms with E-state index in [0.717, 1.165) is 24.2 Å². The van der Waals surface area contributed by atoms with Crippen molar-refractivity contribution in [3.05, 3.63) is 0 Å². The van der Waals surface area contributed by atoms with Crippen LogP contribution in [0, 0.1) is 0 Å². The van der Waals surface area contributed by atoms with Gasteiger partial charge in [-0.25, -0.2) is 0 Å². The minimum atomic E-state index is 0. The van der Waals surface area contributed by atoms with Gasteiger partial charge in [0, 0.05) is 24.2 Å². The number of rotatable bonds is 0. The second kappa shape index (κ2) is 9.52. The van der Waals surface area contributed by atoms with Crippen molar-refractivity contribution in [1.82, 2.24) is 10.6 Å². The zero-order chi connectivity index (χ0) is 10.6. The molecule has 0 unspecified atom stereocenters. The minimum Gasteiger partial charge on any atom is -0.312 e. The lowest BCUT2D eigenvalue weighted by Crippen LogP contribution is -2.23. The molecule has 0 aromatic rings. The van der Waals surface area contributed by atoms with Crippen LogP contribution in [0.3, 0.4) is 0 Å². The Bertz CT molecular complexity index is 133. The van der Waals surface area contributed by atoms with E-state index in [0.29, 0.717) is 0 Å². The molecule has 100 valence electrons. The Morgan fingerprint density at radius 2 is 0.750 bits per heavy atom. The van der Waals surface area contributed by atoms with Crippen molar-refractivity contribution in [2.75, 3.05) is 0 Å². The van der Waals surface area contributed by atoms with Crippen molar-refractivity contribution < 1.29 is 0 Å². The maximum atomic E-state index is 3.42. The molecule has 4 atom stereocenters. The lowest BCUT2D eigenvalue weighted by atomic mass is 10.2. The average Bonchev–Trinajstić information content (AvgIpc) is 2.63. The van der Waals surface area contributed by atoms with Crippen LogP contribution in [0.25, 0.3) is 0 Å². The zero-order valence-electron chi connectivity index (χ0n) is 11.0. The fraction of sp³-hybridized carbons (Fsp3) is 1.00. The van der Waals surface area contributed by atoms with Gasteiger partial charge in [0.15, 0.2) is 0 Å². The molecule has 0 spiro atoms. The van der Waals surface area contributed by atoms with Crippen LogP contribution in [0.5, 0.6) is 0 Å². The van der Waals surface area contributed by atoms with Crippen LogP contribution in [-0.2, 0) is 0 Å². The van der Waals surface area contributed by atoms with E-state index < -0.39 is 0 Å². The molecule has 0 radical (unpaired) electrons. The molecule has 0 saturated carbocycles. The Morgan fingerprint density at radius 1 is 0.562 bits per heavy atom. The van der Waals surface area contributed by atoms with Gasteiger partial charge in [0.2, 0.25) is 0 Å². The summed E-state index contributed by atoms with van der Waals surface area (Å²) >= 11 is 0. The minimum absolute atomic E-state index is 0. The summed E-state index contributed by atoms with van der Waals surface area (Å²) in [5.41, 5.74) is 0. The molecule has 0 aliphatic carbocycles. The van der Waals surface area contributed by atoms with E-state index >= 15 is 0 Å². The topological polar surface area (TPSA) is 24.1 Å². The monoisotopic (exact) mass is 270 g/mol. The van der Waals surface area contributed by atoms with Crippen molar-refractivity contribution in [2.24, 2.45) is 0 Å². The molecule has 2 nitrogen and oxygen atoms in total. The van der Waals surface area contributed by atoms with Crippen LogP contribution in [0.2, 0.25) is 0 Å². The van der Waals surface area contributed by atoms with Gasteiger partial charge in [-0.05, 0) is 53.4 Å². The predicted octanol–water partition coefficient (Wildman–Crippen LogP) is 3.14. The largest absolute Gasteiger partial charge is 0.312 e. The van der Waals surface area contributed by atoms with E-state index in [2.05, 4.69) is 38.3 Å². The second-order valence-electron chi connectivity index (χ2n) is 5.09. The van der Waals surface area contributed by atoms with Crippen LogP contribution in [0.15, 0.2) is 0 Å². The average molecular weight is 271 g/mol. The highest BCUT2D eigenvalue weighted by molar-refractivity contribution is 5.85. The third-order valence-corrected chi connectivity index (χ3v) is 3.20. The molecular weight excluding hydrogens is 243 g/mol. The fourth-order valence-corrected chi connectivity index (χ4v) is 2.30. The summed E-state index contributed by atoms with van der Waals surface area (Å²) in [6, 6.07) is 3.09. The molecular formula is C12H28Cl2N2. The molecule has 2 saturated heterocycles. The van der Waals surface area contributed by atoms with E-state index in [1.165, 1.54) is 25.7 Å². The van der Waals surface area contributed by atoms with E-state index in [1.807, 2.05) is 0 Å². The van der Waals surface area contributed by atoms with Crippen molar-refractivity contribution in [3.8, 4) is 0 Å². The highest BCUT2D eigenvalue weighted by atomic mass is 35.5. The van der Waals surface area contributed by atoms with Gasteiger partial charge >= 0.3 is 0 Å². The normalized spacial score (nSPS) is 36.8. The molecule has 16 heavy (non-hydrogen) atoms. The molecule has 2 aliphatic heterocycles. The molecule has 4 heteroatoms. The summed E-state index contributed by atoms with van der Waals surface area (Å²) in [4.78, 5) is 0. The standard InChI is InChI=1S/2C6H13N.2ClH/c2*1-5-3-4-6(2)7-5;;/h2*5-7H,3-4H2,1-2H3;2*1H/t2*5-,6-;;/m10../s1. The summed E-state index contributed by atoms with van der Waals surface area (Å²) in [5, 5.41) is 6.83. The lowest BCUT2D eigenvalue weighted by Gasteiger charge is -2.01. The van der Waals surface area contributed by atoms with Crippen molar-refractivity contribution in [3.63, 3.8) is 0 Å². The van der Waals surface area contributed by atoms with Crippen LogP contribution in [-0.4, -0.2) is 24.2 Å². The van der Waals surface area contributed by atoms with Gasteiger partial charge in [0.25, 0.3) is 0 Å². The van der Waals surface area contributed by atoms with Crippen molar-refractivity contribution >= 4 is 24.8 Å². The van der Waals surface area contributed by atoms with Gasteiger partial charge in [0.1, 0.15) is 0 Å². The van der Waals surface area contributed by atoms with Gasteiger partial charge < -0.3 is 10.6 Å². The number of hydrogen-bond donors (Lipinski definition) is 2. The highest BCUT2D eigenvalue weighted by Gasteiger charge is 2.14. The smallest absolute Gasteiger partial charge is 0.00417 e. The Labute approximate surface area is 113 Å². The van der Waals surface area contributed by atoms with E-state index in [1.54, 1.807) is 0 Å². The Balaban J connectivity index is 0. The second-order valence-corrected chi connectivity index (χ2v) is 5.09. The zero-order valence-corrected chi connectivity index (χ0v) is 12.6. The highest BCUT2D eigenvalue weighted by Crippen LogP contribution is 2.10. The summed E-state index contributed by atoms with van der Waals surface area (Å²) in [6.07, 6.45) is 5.45. The van der Waals surface area contributed by atoms with Gasteiger partial charge in [0.05, 0.1) is 0 Å². The SMILES string of the molecule is C[C@@H]1CC[C@@H](C)N1.C[C@H]1CC[C@H](C)N1.Cl.Cl. The summed E-state index contributed by atoms with van der Waals surface area (Å²) < 4.78 is 0. The maximum absolute atomic E-state index is 3.42. The lowest BCUT2D eigenvalue weighted by molar-refractivity contribution is 0.596. The quantitative estimate of drug-likeness (QED) is 0.707. The Kier molecular flexibility index (Phi) is 11.2. The van der Waals surface area contributed by atoms with Crippen LogP contribution < -0.4 is 10.6 Å². The summed E-state index contributed by atoms with van der Waals surface area (Å²) in [6.45, 7) is 8.96. The molecule has 0 aromatic carbocycles. The third kappa shape index (κ3) is 7.72. The van der Waals surface area contributed by atoms with Crippen molar-refractivity contribution in [2.45, 2.75) is 77.5 Å². The molecule has 2 N–H and O–H groups in total. The molecule has 2 aliphatic rings. The first-order chi connectivity index (χ1) is 6.58. The first-order valence-corrected chi connectivity index (χ1v) is 6.10. The van der Waals surface area contributed by atoms with E-state index in [9.17, 15) is 0 Å². The van der Waals surface area contributed by atoms with Gasteiger partial charge in [-0.15, -0.1) is 24.8 Å². The summed E-state index contributed by atoms with van der Waals surface area (Å²) in [7, 11) is 0. The van der Waals surface area contributed by atoms with Gasteiger partial charge in [-0.3, -0.25) is 0 Å². The van der Waals surface area contributed by atoms with Crippen molar-refractivity contribution in [1.29, 1.82) is 0 Å². The Hall–Kier alpha value is 0.500. The first kappa shape index (κ1) is 18.9. The molecule has 2 fully saturated rings. The third-order valence-electron chi connectivity index (χ3n) is 3.20. The van der Waals surface area contributed by atoms with E-state index in [4.69, 9.17) is 0 Å². The van der Waals surface area contributed by atoms with Crippen LogP contribution in [0.4, 0.5) is 0 Å². The van der Waals surface area contributed by atoms with Crippen LogP contribution in [0.1, 0.15) is 53.4 Å². The van der Waals surface area contributed by atoms with Gasteiger partial charge in [-0.2, -0.15) is 0 Å².